The van der Waals surface area contributed by atoms with Crippen molar-refractivity contribution in [2.75, 3.05) is 12.4 Å². The van der Waals surface area contributed by atoms with Crippen molar-refractivity contribution < 1.29 is 14.8 Å². The number of hydrogen-bond acceptors (Lipinski definition) is 6. The number of rotatable bonds is 6. The van der Waals surface area contributed by atoms with Gasteiger partial charge < -0.3 is 15.2 Å². The Kier molecular flexibility index (Phi) is 5.35. The Balaban J connectivity index is 2.14. The van der Waals surface area contributed by atoms with Crippen molar-refractivity contribution in [1.82, 2.24) is 0 Å². The van der Waals surface area contributed by atoms with Gasteiger partial charge in [0.25, 0.3) is 5.69 Å². The first kappa shape index (κ1) is 17.2. The Morgan fingerprint density at radius 1 is 1.29 bits per heavy atom. The standard InChI is InChI=1S/C17H17N3O4/c1-11(17(21)12-3-6-15(24-2)7-4-12)19-14-5-8-16(20(22)23)13(9-14)10-18/h3-9,11,17,19,21H,1-2H3. The summed E-state index contributed by atoms with van der Waals surface area (Å²) in [5.74, 6) is 0.695. The zero-order chi connectivity index (χ0) is 17.7. The van der Waals surface area contributed by atoms with E-state index in [1.165, 1.54) is 18.2 Å². The van der Waals surface area contributed by atoms with Gasteiger partial charge in [0, 0.05) is 11.8 Å². The molecule has 7 heteroatoms. The van der Waals surface area contributed by atoms with Crippen molar-refractivity contribution in [3.8, 4) is 11.8 Å². The van der Waals surface area contributed by atoms with Crippen molar-refractivity contribution in [2.45, 2.75) is 19.1 Å². The highest BCUT2D eigenvalue weighted by molar-refractivity contribution is 5.59. The fourth-order valence-electron chi connectivity index (χ4n) is 2.31. The summed E-state index contributed by atoms with van der Waals surface area (Å²) in [4.78, 5) is 10.2. The van der Waals surface area contributed by atoms with Gasteiger partial charge in [-0.15, -0.1) is 0 Å². The molecule has 0 aliphatic carbocycles. The minimum Gasteiger partial charge on any atom is -0.497 e. The number of nitrogens with one attached hydrogen (secondary N) is 1. The van der Waals surface area contributed by atoms with Gasteiger partial charge >= 0.3 is 0 Å². The van der Waals surface area contributed by atoms with Crippen molar-refractivity contribution in [2.24, 2.45) is 0 Å². The van der Waals surface area contributed by atoms with E-state index in [9.17, 15) is 15.2 Å². The van der Waals surface area contributed by atoms with Crippen LogP contribution in [0.5, 0.6) is 5.75 Å². The topological polar surface area (TPSA) is 108 Å². The molecule has 2 N–H and O–H groups in total. The molecule has 2 unspecified atom stereocenters. The molecule has 7 nitrogen and oxygen atoms in total. The van der Waals surface area contributed by atoms with Crippen LogP contribution in [0.3, 0.4) is 0 Å². The molecular formula is C17H17N3O4. The van der Waals surface area contributed by atoms with Crippen LogP contribution in [0.25, 0.3) is 0 Å². The van der Waals surface area contributed by atoms with Gasteiger partial charge in [-0.3, -0.25) is 10.1 Å². The summed E-state index contributed by atoms with van der Waals surface area (Å²) in [7, 11) is 1.57. The fourth-order valence-corrected chi connectivity index (χ4v) is 2.31. The van der Waals surface area contributed by atoms with Gasteiger partial charge in [-0.25, -0.2) is 0 Å². The molecule has 0 aromatic heterocycles. The summed E-state index contributed by atoms with van der Waals surface area (Å²) in [6.45, 7) is 1.78. The molecule has 2 aromatic carbocycles. The molecule has 0 heterocycles. The molecule has 0 aliphatic heterocycles. The van der Waals surface area contributed by atoms with Gasteiger partial charge in [-0.1, -0.05) is 12.1 Å². The van der Waals surface area contributed by atoms with Crippen LogP contribution in [0, 0.1) is 21.4 Å². The number of aliphatic hydroxyl groups excluding tert-OH is 1. The number of hydrogen-bond donors (Lipinski definition) is 2. The Hall–Kier alpha value is -3.11. The Labute approximate surface area is 139 Å². The lowest BCUT2D eigenvalue weighted by atomic mass is 10.0. The summed E-state index contributed by atoms with van der Waals surface area (Å²) in [6, 6.07) is 12.7. The third-order valence-corrected chi connectivity index (χ3v) is 3.64. The summed E-state index contributed by atoms with van der Waals surface area (Å²) in [5, 5.41) is 33.3. The number of nitro benzene ring substituents is 1. The van der Waals surface area contributed by atoms with Crippen LogP contribution in [0.15, 0.2) is 42.5 Å². The second kappa shape index (κ2) is 7.44. The van der Waals surface area contributed by atoms with Gasteiger partial charge in [-0.2, -0.15) is 5.26 Å². The molecule has 0 bridgehead atoms. The molecular weight excluding hydrogens is 310 g/mol. The lowest BCUT2D eigenvalue weighted by molar-refractivity contribution is -0.385. The monoisotopic (exact) mass is 327 g/mol. The van der Waals surface area contributed by atoms with Crippen LogP contribution < -0.4 is 10.1 Å². The molecule has 124 valence electrons. The summed E-state index contributed by atoms with van der Waals surface area (Å²) >= 11 is 0. The number of nitro groups is 1. The second-order valence-corrected chi connectivity index (χ2v) is 5.25. The quantitative estimate of drug-likeness (QED) is 0.623. The van der Waals surface area contributed by atoms with E-state index in [0.717, 1.165) is 0 Å². The molecule has 24 heavy (non-hydrogen) atoms. The maximum Gasteiger partial charge on any atom is 0.287 e. The zero-order valence-electron chi connectivity index (χ0n) is 13.3. The van der Waals surface area contributed by atoms with Crippen molar-refractivity contribution >= 4 is 11.4 Å². The van der Waals surface area contributed by atoms with Crippen LogP contribution in [0.2, 0.25) is 0 Å². The van der Waals surface area contributed by atoms with Gasteiger partial charge in [0.05, 0.1) is 24.2 Å². The Morgan fingerprint density at radius 2 is 1.96 bits per heavy atom. The van der Waals surface area contributed by atoms with Crippen LogP contribution in [0.4, 0.5) is 11.4 Å². The molecule has 0 saturated carbocycles. The SMILES string of the molecule is COc1ccc(C(O)C(C)Nc2ccc([N+](=O)[O-])c(C#N)c2)cc1. The summed E-state index contributed by atoms with van der Waals surface area (Å²) in [6.07, 6.45) is -0.795. The first-order valence-electron chi connectivity index (χ1n) is 7.23. The van der Waals surface area contributed by atoms with E-state index in [-0.39, 0.29) is 17.3 Å². The van der Waals surface area contributed by atoms with Gasteiger partial charge in [0.15, 0.2) is 0 Å². The minimum atomic E-state index is -0.795. The second-order valence-electron chi connectivity index (χ2n) is 5.25. The van der Waals surface area contributed by atoms with E-state index in [1.54, 1.807) is 44.4 Å². The predicted molar refractivity (Wildman–Crippen MR) is 88.8 cm³/mol. The Bertz CT molecular complexity index is 768. The summed E-state index contributed by atoms with van der Waals surface area (Å²) in [5.41, 5.74) is 0.956. The number of methoxy groups -OCH3 is 1. The highest BCUT2D eigenvalue weighted by atomic mass is 16.6. The number of nitrogens with zero attached hydrogens (tertiary/aromatic N) is 2. The Morgan fingerprint density at radius 3 is 2.50 bits per heavy atom. The average molecular weight is 327 g/mol. The van der Waals surface area contributed by atoms with Crippen LogP contribution in [0.1, 0.15) is 24.2 Å². The number of ether oxygens (including phenoxy) is 1. The molecule has 2 rings (SSSR count). The fraction of sp³-hybridized carbons (Fsp3) is 0.235. The predicted octanol–water partition coefficient (Wildman–Crippen LogP) is 3.01. The largest absolute Gasteiger partial charge is 0.497 e. The molecule has 2 atom stereocenters. The lowest BCUT2D eigenvalue weighted by Crippen LogP contribution is -2.24. The highest BCUT2D eigenvalue weighted by Gasteiger charge is 2.18. The smallest absolute Gasteiger partial charge is 0.287 e. The first-order valence-corrected chi connectivity index (χ1v) is 7.23. The van der Waals surface area contributed by atoms with Gasteiger partial charge in [-0.05, 0) is 36.8 Å². The van der Waals surface area contributed by atoms with Gasteiger partial charge in [0.2, 0.25) is 0 Å². The van der Waals surface area contributed by atoms with E-state index < -0.39 is 11.0 Å². The first-order chi connectivity index (χ1) is 11.5. The van der Waals surface area contributed by atoms with Crippen molar-refractivity contribution in [3.63, 3.8) is 0 Å². The van der Waals surface area contributed by atoms with E-state index in [4.69, 9.17) is 10.00 Å². The van der Waals surface area contributed by atoms with Gasteiger partial charge in [0.1, 0.15) is 17.4 Å². The number of nitriles is 1. The average Bonchev–Trinajstić information content (AvgIpc) is 2.60. The lowest BCUT2D eigenvalue weighted by Gasteiger charge is -2.22. The highest BCUT2D eigenvalue weighted by Crippen LogP contribution is 2.25. The molecule has 2 aromatic rings. The molecule has 0 saturated heterocycles. The molecule has 0 fully saturated rings. The van der Waals surface area contributed by atoms with Crippen LogP contribution >= 0.6 is 0 Å². The minimum absolute atomic E-state index is 0.0314. The number of benzene rings is 2. The normalized spacial score (nSPS) is 12.8. The van der Waals surface area contributed by atoms with E-state index >= 15 is 0 Å². The maximum absolute atomic E-state index is 10.8. The van der Waals surface area contributed by atoms with E-state index in [1.807, 2.05) is 0 Å². The molecule has 0 aliphatic rings. The zero-order valence-corrected chi connectivity index (χ0v) is 13.3. The van der Waals surface area contributed by atoms with E-state index in [0.29, 0.717) is 17.0 Å². The van der Waals surface area contributed by atoms with Crippen molar-refractivity contribution in [1.29, 1.82) is 5.26 Å². The van der Waals surface area contributed by atoms with E-state index in [2.05, 4.69) is 5.32 Å². The number of aliphatic hydroxyl groups is 1. The van der Waals surface area contributed by atoms with Crippen LogP contribution in [-0.2, 0) is 0 Å². The molecule has 0 spiro atoms. The maximum atomic E-state index is 10.8. The van der Waals surface area contributed by atoms with Crippen molar-refractivity contribution in [3.05, 3.63) is 63.7 Å². The third kappa shape index (κ3) is 3.80. The molecule has 0 radical (unpaired) electrons. The van der Waals surface area contributed by atoms with Crippen LogP contribution in [-0.4, -0.2) is 23.2 Å². The molecule has 0 amide bonds. The third-order valence-electron chi connectivity index (χ3n) is 3.64. The summed E-state index contributed by atoms with van der Waals surface area (Å²) < 4.78 is 5.08. The number of anilines is 1.